The van der Waals surface area contributed by atoms with E-state index in [2.05, 4.69) is 45.2 Å². The number of hydrogen-bond acceptors (Lipinski definition) is 6. The number of nitrogens with zero attached hydrogens (tertiary/aromatic N) is 2. The van der Waals surface area contributed by atoms with E-state index in [4.69, 9.17) is 4.52 Å². The molecular weight excluding hydrogens is 510 g/mol. The van der Waals surface area contributed by atoms with Crippen LogP contribution in [0.1, 0.15) is 50.5 Å². The molecule has 6 aromatic rings. The van der Waals surface area contributed by atoms with Crippen LogP contribution in [-0.2, 0) is 6.42 Å². The fraction of sp³-hybridized carbons (Fsp3) is 0.0968. The van der Waals surface area contributed by atoms with Gasteiger partial charge >= 0.3 is 5.97 Å². The molecule has 39 heavy (non-hydrogen) atoms. The smallest absolute Gasteiger partial charge is 0.335 e. The average Bonchev–Trinajstić information content (AvgIpc) is 3.63. The quantitative estimate of drug-likeness (QED) is 0.232. The second kappa shape index (κ2) is 10.2. The zero-order valence-electron chi connectivity index (χ0n) is 20.9. The lowest BCUT2D eigenvalue weighted by Crippen LogP contribution is -2.27. The molecule has 2 aromatic heterocycles. The Morgan fingerprint density at radius 2 is 1.77 bits per heavy atom. The van der Waals surface area contributed by atoms with Gasteiger partial charge in [-0.05, 0) is 70.2 Å². The molecule has 2 heterocycles. The molecule has 0 aliphatic heterocycles. The Bertz CT molecular complexity index is 1820. The summed E-state index contributed by atoms with van der Waals surface area (Å²) in [6, 6.07) is 24.3. The molecule has 0 saturated heterocycles. The summed E-state index contributed by atoms with van der Waals surface area (Å²) in [5.74, 6) is -1.27. The van der Waals surface area contributed by atoms with E-state index in [1.165, 1.54) is 23.7 Å². The summed E-state index contributed by atoms with van der Waals surface area (Å²) in [7, 11) is 0. The van der Waals surface area contributed by atoms with Crippen molar-refractivity contribution in [2.24, 2.45) is 0 Å². The Hall–Kier alpha value is -4.82. The second-order valence-corrected chi connectivity index (χ2v) is 10.1. The fourth-order valence-electron chi connectivity index (χ4n) is 4.76. The summed E-state index contributed by atoms with van der Waals surface area (Å²) in [6.07, 6.45) is 2.26. The standard InChI is InChI=1S/C31H23N3O4S/c1-18(20-8-10-22(11-9-20)31(36)37)33-30(35)26-14-24(25-16-32-39-17-25)15-28-29(26)27(34-38-28)13-19-6-7-21-4-2-3-5-23(21)12-19/h2-12,14-18H,13H2,1H3,(H,33,35)(H,36,37)/t18-/m0/s1. The van der Waals surface area contributed by atoms with Crippen LogP contribution in [0.4, 0.5) is 0 Å². The molecule has 1 atom stereocenters. The predicted octanol–water partition coefficient (Wildman–Crippen LogP) is 6.88. The van der Waals surface area contributed by atoms with Gasteiger partial charge in [-0.2, -0.15) is 0 Å². The van der Waals surface area contributed by atoms with E-state index in [-0.39, 0.29) is 17.5 Å². The van der Waals surface area contributed by atoms with Crippen LogP contribution in [0.5, 0.6) is 0 Å². The zero-order valence-corrected chi connectivity index (χ0v) is 21.7. The summed E-state index contributed by atoms with van der Waals surface area (Å²) in [6.45, 7) is 1.86. The van der Waals surface area contributed by atoms with E-state index in [0.29, 0.717) is 28.6 Å². The number of amides is 1. The van der Waals surface area contributed by atoms with Gasteiger partial charge in [0.05, 0.1) is 28.2 Å². The molecule has 7 nitrogen and oxygen atoms in total. The van der Waals surface area contributed by atoms with E-state index in [9.17, 15) is 14.7 Å². The van der Waals surface area contributed by atoms with E-state index in [1.807, 2.05) is 36.6 Å². The van der Waals surface area contributed by atoms with Gasteiger partial charge in [0.1, 0.15) is 0 Å². The Labute approximate surface area is 227 Å². The average molecular weight is 534 g/mol. The molecule has 0 aliphatic rings. The number of aromatic nitrogens is 2. The van der Waals surface area contributed by atoms with Crippen LogP contribution in [0.2, 0.25) is 0 Å². The van der Waals surface area contributed by atoms with Gasteiger partial charge in [-0.25, -0.2) is 9.17 Å². The Balaban J connectivity index is 1.38. The largest absolute Gasteiger partial charge is 0.478 e. The van der Waals surface area contributed by atoms with Crippen LogP contribution in [0.3, 0.4) is 0 Å². The highest BCUT2D eigenvalue weighted by Crippen LogP contribution is 2.32. The minimum Gasteiger partial charge on any atom is -0.478 e. The van der Waals surface area contributed by atoms with Crippen LogP contribution in [0.25, 0.3) is 32.9 Å². The van der Waals surface area contributed by atoms with Crippen LogP contribution < -0.4 is 5.32 Å². The first-order chi connectivity index (χ1) is 19.0. The highest BCUT2D eigenvalue weighted by atomic mass is 32.1. The maximum atomic E-state index is 13.7. The summed E-state index contributed by atoms with van der Waals surface area (Å²) < 4.78 is 9.96. The molecule has 0 radical (unpaired) electrons. The topological polar surface area (TPSA) is 105 Å². The number of carbonyl (C=O) groups excluding carboxylic acids is 1. The van der Waals surface area contributed by atoms with E-state index in [0.717, 1.165) is 33.0 Å². The lowest BCUT2D eigenvalue weighted by atomic mass is 9.97. The van der Waals surface area contributed by atoms with Crippen LogP contribution in [0, 0.1) is 0 Å². The number of carbonyl (C=O) groups is 2. The molecule has 6 rings (SSSR count). The second-order valence-electron chi connectivity index (χ2n) is 9.42. The van der Waals surface area contributed by atoms with E-state index >= 15 is 0 Å². The highest BCUT2D eigenvalue weighted by molar-refractivity contribution is 7.03. The number of aromatic carboxylic acids is 1. The Morgan fingerprint density at radius 3 is 2.51 bits per heavy atom. The summed E-state index contributed by atoms with van der Waals surface area (Å²) in [4.78, 5) is 24.9. The van der Waals surface area contributed by atoms with Gasteiger partial charge in [-0.1, -0.05) is 59.8 Å². The molecule has 192 valence electrons. The van der Waals surface area contributed by atoms with Crippen LogP contribution in [0.15, 0.2) is 95.0 Å². The van der Waals surface area contributed by atoms with Crippen molar-refractivity contribution in [3.05, 3.63) is 118 Å². The van der Waals surface area contributed by atoms with E-state index < -0.39 is 5.97 Å². The molecule has 8 heteroatoms. The van der Waals surface area contributed by atoms with Crippen molar-refractivity contribution in [2.75, 3.05) is 0 Å². The SMILES string of the molecule is C[C@H](NC(=O)c1cc(-c2cnsc2)cc2onc(Cc3ccc4ccccc4c3)c12)c1ccc(C(=O)O)cc1. The first-order valence-electron chi connectivity index (χ1n) is 12.4. The van der Waals surface area contributed by atoms with Gasteiger partial charge in [-0.15, -0.1) is 0 Å². The monoisotopic (exact) mass is 533 g/mol. The molecule has 0 saturated carbocycles. The maximum absolute atomic E-state index is 13.7. The molecular formula is C31H23N3O4S. The minimum atomic E-state index is -0.994. The third-order valence-electron chi connectivity index (χ3n) is 6.85. The van der Waals surface area contributed by atoms with Gasteiger partial charge in [0.15, 0.2) is 5.58 Å². The summed E-state index contributed by atoms with van der Waals surface area (Å²) >= 11 is 1.33. The molecule has 0 unspecified atom stereocenters. The molecule has 0 spiro atoms. The molecule has 0 aliphatic carbocycles. The van der Waals surface area contributed by atoms with Crippen molar-refractivity contribution in [3.8, 4) is 11.1 Å². The lowest BCUT2D eigenvalue weighted by molar-refractivity contribution is 0.0696. The first-order valence-corrected chi connectivity index (χ1v) is 13.2. The van der Waals surface area contributed by atoms with Crippen molar-refractivity contribution in [2.45, 2.75) is 19.4 Å². The summed E-state index contributed by atoms with van der Waals surface area (Å²) in [5.41, 5.74) is 5.42. The van der Waals surface area contributed by atoms with Gasteiger partial charge in [-0.3, -0.25) is 4.79 Å². The minimum absolute atomic E-state index is 0.193. The van der Waals surface area contributed by atoms with Crippen LogP contribution in [-0.4, -0.2) is 26.5 Å². The Kier molecular flexibility index (Phi) is 6.38. The maximum Gasteiger partial charge on any atom is 0.335 e. The van der Waals surface area contributed by atoms with Crippen molar-refractivity contribution in [3.63, 3.8) is 0 Å². The fourth-order valence-corrected chi connectivity index (χ4v) is 5.31. The lowest BCUT2D eigenvalue weighted by Gasteiger charge is -2.16. The number of nitrogens with one attached hydrogen (secondary N) is 1. The number of carboxylic acid groups (broad SMARTS) is 1. The van der Waals surface area contributed by atoms with Gasteiger partial charge in [0.25, 0.3) is 5.91 Å². The van der Waals surface area contributed by atoms with Crippen molar-refractivity contribution in [1.29, 1.82) is 0 Å². The first kappa shape index (κ1) is 24.5. The van der Waals surface area contributed by atoms with Crippen molar-refractivity contribution < 1.29 is 19.2 Å². The summed E-state index contributed by atoms with van der Waals surface area (Å²) in [5, 5.41) is 21.5. The van der Waals surface area contributed by atoms with Crippen molar-refractivity contribution >= 4 is 45.2 Å². The third-order valence-corrected chi connectivity index (χ3v) is 7.43. The predicted molar refractivity (Wildman–Crippen MR) is 151 cm³/mol. The van der Waals surface area contributed by atoms with Crippen LogP contribution >= 0.6 is 11.5 Å². The van der Waals surface area contributed by atoms with Gasteiger partial charge in [0.2, 0.25) is 0 Å². The highest BCUT2D eigenvalue weighted by Gasteiger charge is 2.22. The third kappa shape index (κ3) is 4.89. The molecule has 1 amide bonds. The van der Waals surface area contributed by atoms with Crippen molar-refractivity contribution in [1.82, 2.24) is 14.8 Å². The molecule has 0 fully saturated rings. The number of carboxylic acids is 1. The van der Waals surface area contributed by atoms with E-state index in [1.54, 1.807) is 18.3 Å². The Morgan fingerprint density at radius 1 is 0.974 bits per heavy atom. The molecule has 4 aromatic carbocycles. The number of fused-ring (bicyclic) bond motifs is 2. The number of rotatable bonds is 7. The normalized spacial score (nSPS) is 12.0. The molecule has 2 N–H and O–H groups in total. The van der Waals surface area contributed by atoms with Gasteiger partial charge < -0.3 is 14.9 Å². The molecule has 0 bridgehead atoms. The number of hydrogen-bond donors (Lipinski definition) is 2. The van der Waals surface area contributed by atoms with Gasteiger partial charge in [0, 0.05) is 23.6 Å². The number of benzene rings is 4. The zero-order chi connectivity index (χ0) is 26.9.